The Morgan fingerprint density at radius 2 is 1.13 bits per heavy atom. The van der Waals surface area contributed by atoms with E-state index in [0.29, 0.717) is 78.3 Å². The molecule has 0 bridgehead atoms. The van der Waals surface area contributed by atoms with Gasteiger partial charge in [0.15, 0.2) is 0 Å². The minimum absolute atomic E-state index is 0.0820. The molecular formula is C29H55N7O10. The SMILES string of the molecule is CCOCCOCCCNC(=O)[C@@H](CCCCN)NC(=O)CN1CCN(CC(=O)O)CCN(CC(=O)O)CCN(CC(=O)O)CC1. The minimum Gasteiger partial charge on any atom is -0.480 e. The fourth-order valence-electron chi connectivity index (χ4n) is 4.86. The number of aliphatic carboxylic acids is 3. The van der Waals surface area contributed by atoms with E-state index in [1.54, 1.807) is 14.7 Å². The van der Waals surface area contributed by atoms with Gasteiger partial charge in [0.2, 0.25) is 11.8 Å². The van der Waals surface area contributed by atoms with Crippen LogP contribution in [0.1, 0.15) is 32.6 Å². The van der Waals surface area contributed by atoms with Crippen molar-refractivity contribution in [2.75, 3.05) is 118 Å². The molecule has 17 heteroatoms. The predicted molar refractivity (Wildman–Crippen MR) is 168 cm³/mol. The van der Waals surface area contributed by atoms with Crippen LogP contribution in [0.2, 0.25) is 0 Å². The summed E-state index contributed by atoms with van der Waals surface area (Å²) in [6.07, 6.45) is 2.35. The van der Waals surface area contributed by atoms with Gasteiger partial charge in [0.1, 0.15) is 6.04 Å². The normalized spacial score (nSPS) is 17.0. The number of rotatable bonds is 22. The standard InChI is InChI=1S/C29H55N7O10/c1-2-45-18-19-46-17-5-8-31-29(44)24(6-3-4-7-30)32-25(37)20-33-9-11-34(21-26(38)39)13-15-36(23-28(42)43)16-14-35(12-10-33)22-27(40)41/h24H,2-23,30H2,1H3,(H,31,44)(H,32,37)(H,38,39)(H,40,41)(H,42,43)/t24-/m1/s1. The lowest BCUT2D eigenvalue weighted by Gasteiger charge is -2.33. The summed E-state index contributed by atoms with van der Waals surface area (Å²) < 4.78 is 10.7. The van der Waals surface area contributed by atoms with E-state index in [1.165, 1.54) is 0 Å². The molecule has 17 nitrogen and oxygen atoms in total. The number of amides is 2. The topological polar surface area (TPSA) is 228 Å². The van der Waals surface area contributed by atoms with E-state index in [0.717, 1.165) is 0 Å². The van der Waals surface area contributed by atoms with Crippen molar-refractivity contribution in [1.82, 2.24) is 30.2 Å². The number of carboxylic acid groups (broad SMARTS) is 3. The van der Waals surface area contributed by atoms with Crippen LogP contribution in [0.15, 0.2) is 0 Å². The zero-order valence-electron chi connectivity index (χ0n) is 27.2. The van der Waals surface area contributed by atoms with E-state index < -0.39 is 23.9 Å². The molecule has 0 radical (unpaired) electrons. The van der Waals surface area contributed by atoms with Gasteiger partial charge in [-0.25, -0.2) is 0 Å². The third-order valence-electron chi connectivity index (χ3n) is 7.31. The molecule has 0 aliphatic carbocycles. The second-order valence-electron chi connectivity index (χ2n) is 11.1. The molecule has 0 aromatic rings. The molecule has 1 aliphatic heterocycles. The van der Waals surface area contributed by atoms with E-state index in [9.17, 15) is 39.3 Å². The van der Waals surface area contributed by atoms with E-state index >= 15 is 0 Å². The first kappa shape index (κ1) is 41.1. The van der Waals surface area contributed by atoms with Crippen molar-refractivity contribution in [1.29, 1.82) is 0 Å². The highest BCUT2D eigenvalue weighted by Gasteiger charge is 2.24. The fraction of sp³-hybridized carbons (Fsp3) is 0.828. The van der Waals surface area contributed by atoms with Crippen LogP contribution in [0.25, 0.3) is 0 Å². The van der Waals surface area contributed by atoms with Crippen molar-refractivity contribution in [2.45, 2.75) is 38.6 Å². The van der Waals surface area contributed by atoms with Crippen molar-refractivity contribution < 1.29 is 48.8 Å². The van der Waals surface area contributed by atoms with Gasteiger partial charge in [-0.05, 0) is 39.2 Å². The molecule has 46 heavy (non-hydrogen) atoms. The zero-order valence-corrected chi connectivity index (χ0v) is 27.2. The van der Waals surface area contributed by atoms with E-state index in [1.807, 2.05) is 11.8 Å². The summed E-state index contributed by atoms with van der Waals surface area (Å²) in [6, 6.07) is -0.766. The van der Waals surface area contributed by atoms with Gasteiger partial charge in [-0.1, -0.05) is 0 Å². The van der Waals surface area contributed by atoms with Gasteiger partial charge < -0.3 is 41.2 Å². The van der Waals surface area contributed by atoms with Crippen LogP contribution in [0.4, 0.5) is 0 Å². The molecule has 1 rings (SSSR count). The quantitative estimate of drug-likeness (QED) is 0.0667. The smallest absolute Gasteiger partial charge is 0.317 e. The summed E-state index contributed by atoms with van der Waals surface area (Å²) in [6.45, 7) is 6.24. The maximum atomic E-state index is 13.2. The van der Waals surface area contributed by atoms with E-state index in [4.69, 9.17) is 15.2 Å². The maximum Gasteiger partial charge on any atom is 0.317 e. The Balaban J connectivity index is 2.89. The average Bonchev–Trinajstić information content (AvgIpc) is 2.98. The number of carboxylic acids is 3. The first-order chi connectivity index (χ1) is 22.0. The maximum absolute atomic E-state index is 13.2. The third kappa shape index (κ3) is 21.0. The molecule has 1 saturated heterocycles. The highest BCUT2D eigenvalue weighted by Crippen LogP contribution is 2.04. The highest BCUT2D eigenvalue weighted by molar-refractivity contribution is 5.88. The number of carbonyl (C=O) groups excluding carboxylic acids is 2. The van der Waals surface area contributed by atoms with Crippen molar-refractivity contribution in [2.24, 2.45) is 5.73 Å². The molecule has 1 atom stereocenters. The summed E-state index contributed by atoms with van der Waals surface area (Å²) in [5, 5.41) is 33.8. The van der Waals surface area contributed by atoms with Gasteiger partial charge in [-0.2, -0.15) is 0 Å². The molecule has 2 amide bonds. The monoisotopic (exact) mass is 661 g/mol. The lowest BCUT2D eigenvalue weighted by Crippen LogP contribution is -2.52. The van der Waals surface area contributed by atoms with Crippen LogP contribution in [-0.4, -0.2) is 189 Å². The number of ether oxygens (including phenoxy) is 2. The molecule has 0 aromatic heterocycles. The second kappa shape index (κ2) is 25.2. The summed E-state index contributed by atoms with van der Waals surface area (Å²) in [5.41, 5.74) is 5.63. The lowest BCUT2D eigenvalue weighted by atomic mass is 10.1. The average molecular weight is 662 g/mol. The van der Waals surface area contributed by atoms with Crippen LogP contribution < -0.4 is 16.4 Å². The molecule has 0 saturated carbocycles. The number of nitrogens with zero attached hydrogens (tertiary/aromatic N) is 4. The summed E-state index contributed by atoms with van der Waals surface area (Å²) in [4.78, 5) is 67.5. The summed E-state index contributed by atoms with van der Waals surface area (Å²) in [5.74, 6) is -3.79. The largest absolute Gasteiger partial charge is 0.480 e. The van der Waals surface area contributed by atoms with E-state index in [2.05, 4.69) is 10.6 Å². The Kier molecular flexibility index (Phi) is 22.5. The molecule has 0 aromatic carbocycles. The van der Waals surface area contributed by atoms with Crippen LogP contribution in [-0.2, 0) is 33.4 Å². The van der Waals surface area contributed by atoms with Gasteiger partial charge >= 0.3 is 17.9 Å². The number of hydrogen-bond donors (Lipinski definition) is 6. The van der Waals surface area contributed by atoms with Crippen LogP contribution >= 0.6 is 0 Å². The Bertz CT molecular complexity index is 882. The van der Waals surface area contributed by atoms with Crippen LogP contribution in [0.5, 0.6) is 0 Å². The van der Waals surface area contributed by atoms with Gasteiger partial charge in [0.25, 0.3) is 0 Å². The van der Waals surface area contributed by atoms with Gasteiger partial charge in [0.05, 0.1) is 39.4 Å². The van der Waals surface area contributed by atoms with Gasteiger partial charge in [0, 0.05) is 72.1 Å². The summed E-state index contributed by atoms with van der Waals surface area (Å²) in [7, 11) is 0. The lowest BCUT2D eigenvalue weighted by molar-refractivity contribution is -0.140. The summed E-state index contributed by atoms with van der Waals surface area (Å²) >= 11 is 0. The molecule has 0 spiro atoms. The zero-order chi connectivity index (χ0) is 34.2. The van der Waals surface area contributed by atoms with Crippen LogP contribution in [0, 0.1) is 0 Å². The fourth-order valence-corrected chi connectivity index (χ4v) is 4.86. The molecule has 266 valence electrons. The number of nitrogens with two attached hydrogens (primary N) is 1. The predicted octanol–water partition coefficient (Wildman–Crippen LogP) is -2.36. The Morgan fingerprint density at radius 1 is 0.674 bits per heavy atom. The first-order valence-electron chi connectivity index (χ1n) is 16.0. The molecule has 1 fully saturated rings. The Labute approximate surface area is 271 Å². The Hall–Kier alpha value is -2.93. The second-order valence-corrected chi connectivity index (χ2v) is 11.1. The van der Waals surface area contributed by atoms with Crippen molar-refractivity contribution in [3.8, 4) is 0 Å². The minimum atomic E-state index is -1.03. The Morgan fingerprint density at radius 3 is 1.57 bits per heavy atom. The highest BCUT2D eigenvalue weighted by atomic mass is 16.5. The van der Waals surface area contributed by atoms with Crippen molar-refractivity contribution >= 4 is 29.7 Å². The number of unbranched alkanes of at least 4 members (excludes halogenated alkanes) is 1. The molecule has 7 N–H and O–H groups in total. The van der Waals surface area contributed by atoms with Gasteiger partial charge in [-0.15, -0.1) is 0 Å². The number of nitrogens with one attached hydrogen (secondary N) is 2. The first-order valence-corrected chi connectivity index (χ1v) is 16.0. The van der Waals surface area contributed by atoms with Crippen molar-refractivity contribution in [3.05, 3.63) is 0 Å². The molecule has 1 aliphatic rings. The number of carbonyl (C=O) groups is 5. The van der Waals surface area contributed by atoms with E-state index in [-0.39, 0.29) is 77.3 Å². The molecule has 1 heterocycles. The van der Waals surface area contributed by atoms with Crippen molar-refractivity contribution in [3.63, 3.8) is 0 Å². The van der Waals surface area contributed by atoms with Gasteiger partial charge in [-0.3, -0.25) is 43.6 Å². The van der Waals surface area contributed by atoms with Crippen LogP contribution in [0.3, 0.4) is 0 Å². The number of hydrogen-bond acceptors (Lipinski definition) is 12. The molecule has 0 unspecified atom stereocenters. The molecular weight excluding hydrogens is 606 g/mol. The third-order valence-corrected chi connectivity index (χ3v) is 7.31.